The van der Waals surface area contributed by atoms with Gasteiger partial charge in [-0.25, -0.2) is 9.78 Å². The van der Waals surface area contributed by atoms with Crippen molar-refractivity contribution in [2.45, 2.75) is 33.1 Å². The van der Waals surface area contributed by atoms with Gasteiger partial charge < -0.3 is 10.4 Å². The molecule has 0 saturated heterocycles. The average molecular weight is 271 g/mol. The highest BCUT2D eigenvalue weighted by atomic mass is 35.5. The van der Waals surface area contributed by atoms with Gasteiger partial charge in [0, 0.05) is 12.7 Å². The molecule has 100 valence electrons. The summed E-state index contributed by atoms with van der Waals surface area (Å²) < 4.78 is 0. The fourth-order valence-electron chi connectivity index (χ4n) is 1.57. The minimum atomic E-state index is -1.02. The number of nitrogens with one attached hydrogen (secondary N) is 1. The summed E-state index contributed by atoms with van der Waals surface area (Å²) in [5.74, 6) is 0.251. The van der Waals surface area contributed by atoms with Crippen LogP contribution in [0.15, 0.2) is 12.3 Å². The first-order valence-corrected chi connectivity index (χ1v) is 6.51. The van der Waals surface area contributed by atoms with Crippen LogP contribution < -0.4 is 5.32 Å². The Morgan fingerprint density at radius 3 is 2.78 bits per heavy atom. The number of anilines is 1. The number of carbonyl (C=O) groups is 1. The van der Waals surface area contributed by atoms with Crippen molar-refractivity contribution in [3.8, 4) is 0 Å². The predicted octanol–water partition coefficient (Wildman–Crippen LogP) is 3.67. The molecule has 0 spiro atoms. The molecule has 0 aliphatic rings. The van der Waals surface area contributed by atoms with Gasteiger partial charge in [-0.2, -0.15) is 0 Å². The van der Waals surface area contributed by atoms with Crippen LogP contribution in [0.1, 0.15) is 43.5 Å². The molecule has 4 nitrogen and oxygen atoms in total. The quantitative estimate of drug-likeness (QED) is 0.742. The van der Waals surface area contributed by atoms with Gasteiger partial charge in [0.1, 0.15) is 5.82 Å². The molecule has 0 atom stereocenters. The fourth-order valence-corrected chi connectivity index (χ4v) is 1.80. The zero-order chi connectivity index (χ0) is 13.5. The van der Waals surface area contributed by atoms with Crippen LogP contribution in [0.5, 0.6) is 0 Å². The molecule has 1 aromatic rings. The Hall–Kier alpha value is -1.29. The van der Waals surface area contributed by atoms with Gasteiger partial charge in [0.2, 0.25) is 0 Å². The maximum absolute atomic E-state index is 10.7. The van der Waals surface area contributed by atoms with Crippen LogP contribution >= 0.6 is 11.6 Å². The maximum atomic E-state index is 10.7. The van der Waals surface area contributed by atoms with Crippen molar-refractivity contribution in [1.29, 1.82) is 0 Å². The number of pyridine rings is 1. The number of unbranched alkanes of at least 4 members (excludes halogenated alkanes) is 1. The molecule has 1 aromatic heterocycles. The molecule has 1 rings (SSSR count). The summed E-state index contributed by atoms with van der Waals surface area (Å²) in [4.78, 5) is 14.7. The lowest BCUT2D eigenvalue weighted by Crippen LogP contribution is -2.06. The lowest BCUT2D eigenvalue weighted by atomic mass is 10.1. The largest absolute Gasteiger partial charge is 0.478 e. The first-order valence-electron chi connectivity index (χ1n) is 6.13. The topological polar surface area (TPSA) is 62.2 Å². The Morgan fingerprint density at radius 1 is 1.50 bits per heavy atom. The molecule has 0 aromatic carbocycles. The van der Waals surface area contributed by atoms with Gasteiger partial charge >= 0.3 is 5.97 Å². The second-order valence-electron chi connectivity index (χ2n) is 4.68. The van der Waals surface area contributed by atoms with Gasteiger partial charge in [-0.05, 0) is 18.4 Å². The van der Waals surface area contributed by atoms with Crippen LogP contribution in [-0.4, -0.2) is 22.6 Å². The van der Waals surface area contributed by atoms with E-state index in [1.54, 1.807) is 0 Å². The van der Waals surface area contributed by atoms with Gasteiger partial charge in [-0.1, -0.05) is 38.3 Å². The Bertz CT molecular complexity index is 408. The number of hydrogen-bond donors (Lipinski definition) is 2. The number of halogens is 1. The van der Waals surface area contributed by atoms with Crippen molar-refractivity contribution in [2.75, 3.05) is 11.9 Å². The summed E-state index contributed by atoms with van der Waals surface area (Å²) in [5.41, 5.74) is 0.102. The molecule has 0 fully saturated rings. The lowest BCUT2D eigenvalue weighted by molar-refractivity contribution is 0.0696. The summed E-state index contributed by atoms with van der Waals surface area (Å²) in [5, 5.41) is 12.2. The first kappa shape index (κ1) is 14.8. The van der Waals surface area contributed by atoms with Gasteiger partial charge in [0.25, 0.3) is 0 Å². The third kappa shape index (κ3) is 4.92. The molecule has 0 amide bonds. The second-order valence-corrected chi connectivity index (χ2v) is 5.08. The van der Waals surface area contributed by atoms with Crippen LogP contribution in [-0.2, 0) is 0 Å². The van der Waals surface area contributed by atoms with Crippen LogP contribution in [0.4, 0.5) is 5.82 Å². The van der Waals surface area contributed by atoms with E-state index in [1.807, 2.05) is 0 Å². The summed E-state index contributed by atoms with van der Waals surface area (Å²) in [6, 6.07) is 1.41. The molecule has 0 saturated carbocycles. The highest BCUT2D eigenvalue weighted by Gasteiger charge is 2.07. The van der Waals surface area contributed by atoms with E-state index in [4.69, 9.17) is 16.7 Å². The van der Waals surface area contributed by atoms with Crippen molar-refractivity contribution in [1.82, 2.24) is 4.98 Å². The summed E-state index contributed by atoms with van der Waals surface area (Å²) in [7, 11) is 0. The number of aromatic carboxylic acids is 1. The van der Waals surface area contributed by atoms with E-state index in [-0.39, 0.29) is 5.56 Å². The fraction of sp³-hybridized carbons (Fsp3) is 0.538. The van der Waals surface area contributed by atoms with Crippen LogP contribution in [0, 0.1) is 5.92 Å². The number of rotatable bonds is 7. The number of aromatic nitrogens is 1. The summed E-state index contributed by atoms with van der Waals surface area (Å²) in [6.45, 7) is 5.21. The molecule has 18 heavy (non-hydrogen) atoms. The number of hydrogen-bond acceptors (Lipinski definition) is 3. The van der Waals surface area contributed by atoms with Crippen molar-refractivity contribution >= 4 is 23.4 Å². The molecular weight excluding hydrogens is 252 g/mol. The van der Waals surface area contributed by atoms with Crippen molar-refractivity contribution in [3.05, 3.63) is 22.8 Å². The summed E-state index contributed by atoms with van der Waals surface area (Å²) >= 11 is 5.95. The van der Waals surface area contributed by atoms with E-state index in [9.17, 15) is 4.79 Å². The normalized spacial score (nSPS) is 10.7. The van der Waals surface area contributed by atoms with E-state index in [1.165, 1.54) is 18.7 Å². The first-order chi connectivity index (χ1) is 8.50. The molecular formula is C13H19ClN2O2. The van der Waals surface area contributed by atoms with Gasteiger partial charge in [-0.3, -0.25) is 0 Å². The van der Waals surface area contributed by atoms with Crippen molar-refractivity contribution < 1.29 is 9.90 Å². The standard InChI is InChI=1S/C13H19ClN2O2/c1-9(2)5-3-4-6-15-12-11(14)7-10(8-16-12)13(17)18/h7-9H,3-6H2,1-2H3,(H,15,16)(H,17,18). The molecule has 5 heteroatoms. The van der Waals surface area contributed by atoms with Crippen molar-refractivity contribution in [3.63, 3.8) is 0 Å². The summed E-state index contributed by atoms with van der Waals surface area (Å²) in [6.07, 6.45) is 4.73. The minimum absolute atomic E-state index is 0.102. The van der Waals surface area contributed by atoms with Gasteiger partial charge in [0.15, 0.2) is 0 Å². The highest BCUT2D eigenvalue weighted by molar-refractivity contribution is 6.33. The van der Waals surface area contributed by atoms with E-state index >= 15 is 0 Å². The lowest BCUT2D eigenvalue weighted by Gasteiger charge is -2.08. The van der Waals surface area contributed by atoms with E-state index in [2.05, 4.69) is 24.1 Å². The molecule has 2 N–H and O–H groups in total. The van der Waals surface area contributed by atoms with E-state index in [0.717, 1.165) is 25.3 Å². The van der Waals surface area contributed by atoms with Crippen LogP contribution in [0.2, 0.25) is 5.02 Å². The Morgan fingerprint density at radius 2 is 2.22 bits per heavy atom. The second kappa shape index (κ2) is 7.21. The Labute approximate surface area is 112 Å². The smallest absolute Gasteiger partial charge is 0.337 e. The Kier molecular flexibility index (Phi) is 5.92. The number of nitrogens with zero attached hydrogens (tertiary/aromatic N) is 1. The molecule has 0 aliphatic carbocycles. The molecule has 0 unspecified atom stereocenters. The molecule has 0 bridgehead atoms. The average Bonchev–Trinajstić information content (AvgIpc) is 2.29. The minimum Gasteiger partial charge on any atom is -0.478 e. The number of carboxylic acids is 1. The third-order valence-electron chi connectivity index (χ3n) is 2.59. The molecule has 1 heterocycles. The van der Waals surface area contributed by atoms with E-state index < -0.39 is 5.97 Å². The molecule has 0 radical (unpaired) electrons. The monoisotopic (exact) mass is 270 g/mol. The van der Waals surface area contributed by atoms with E-state index in [0.29, 0.717) is 10.8 Å². The SMILES string of the molecule is CC(C)CCCCNc1ncc(C(=O)O)cc1Cl. The number of carboxylic acid groups (broad SMARTS) is 1. The highest BCUT2D eigenvalue weighted by Crippen LogP contribution is 2.20. The van der Waals surface area contributed by atoms with Crippen LogP contribution in [0.25, 0.3) is 0 Å². The zero-order valence-electron chi connectivity index (χ0n) is 10.7. The van der Waals surface area contributed by atoms with Gasteiger partial charge in [0.05, 0.1) is 10.6 Å². The van der Waals surface area contributed by atoms with Crippen molar-refractivity contribution in [2.24, 2.45) is 5.92 Å². The van der Waals surface area contributed by atoms with Gasteiger partial charge in [-0.15, -0.1) is 0 Å². The maximum Gasteiger partial charge on any atom is 0.337 e. The zero-order valence-corrected chi connectivity index (χ0v) is 11.5. The van der Waals surface area contributed by atoms with Crippen LogP contribution in [0.3, 0.4) is 0 Å². The molecule has 0 aliphatic heterocycles. The predicted molar refractivity (Wildman–Crippen MR) is 73.4 cm³/mol. The Balaban J connectivity index is 2.41. The third-order valence-corrected chi connectivity index (χ3v) is 2.88.